The first-order valence-corrected chi connectivity index (χ1v) is 6.29. The summed E-state index contributed by atoms with van der Waals surface area (Å²) in [7, 11) is 2.13. The molecule has 2 heterocycles. The summed E-state index contributed by atoms with van der Waals surface area (Å²) in [6.45, 7) is 6.58. The van der Waals surface area contributed by atoms with Crippen LogP contribution < -0.4 is 5.32 Å². The maximum atomic E-state index is 5.56. The molecule has 1 aliphatic heterocycles. The van der Waals surface area contributed by atoms with Crippen molar-refractivity contribution < 1.29 is 9.15 Å². The molecular formula is C13H22N2O2. The second-order valence-corrected chi connectivity index (χ2v) is 4.76. The van der Waals surface area contributed by atoms with Gasteiger partial charge in [0.05, 0.1) is 19.8 Å². The summed E-state index contributed by atoms with van der Waals surface area (Å²) in [5.74, 6) is 2.02. The Bertz CT molecular complexity index is 332. The van der Waals surface area contributed by atoms with Gasteiger partial charge in [0.2, 0.25) is 0 Å². The maximum Gasteiger partial charge on any atom is 0.118 e. The molecule has 1 aromatic heterocycles. The van der Waals surface area contributed by atoms with E-state index in [-0.39, 0.29) is 0 Å². The average Bonchev–Trinajstić information content (AvgIpc) is 2.73. The van der Waals surface area contributed by atoms with Crippen LogP contribution in [0.5, 0.6) is 0 Å². The number of hydrogen-bond donors (Lipinski definition) is 1. The molecule has 1 unspecified atom stereocenters. The van der Waals surface area contributed by atoms with Crippen molar-refractivity contribution in [2.45, 2.75) is 25.9 Å². The van der Waals surface area contributed by atoms with Crippen LogP contribution in [0, 0.1) is 6.92 Å². The van der Waals surface area contributed by atoms with E-state index in [9.17, 15) is 0 Å². The van der Waals surface area contributed by atoms with Crippen LogP contribution in [-0.4, -0.2) is 44.3 Å². The van der Waals surface area contributed by atoms with Gasteiger partial charge < -0.3 is 14.5 Å². The Morgan fingerprint density at radius 1 is 1.47 bits per heavy atom. The van der Waals surface area contributed by atoms with Gasteiger partial charge in [-0.15, -0.1) is 0 Å². The van der Waals surface area contributed by atoms with E-state index < -0.39 is 0 Å². The summed E-state index contributed by atoms with van der Waals surface area (Å²) in [5.41, 5.74) is 0. The molecule has 4 nitrogen and oxygen atoms in total. The van der Waals surface area contributed by atoms with E-state index in [2.05, 4.69) is 17.3 Å². The van der Waals surface area contributed by atoms with E-state index in [0.29, 0.717) is 6.04 Å². The highest BCUT2D eigenvalue weighted by Gasteiger charge is 2.13. The highest BCUT2D eigenvalue weighted by atomic mass is 16.5. The van der Waals surface area contributed by atoms with E-state index in [4.69, 9.17) is 9.15 Å². The highest BCUT2D eigenvalue weighted by Crippen LogP contribution is 2.09. The molecule has 1 atom stereocenters. The second-order valence-electron chi connectivity index (χ2n) is 4.76. The summed E-state index contributed by atoms with van der Waals surface area (Å²) in [4.78, 5) is 2.29. The van der Waals surface area contributed by atoms with E-state index >= 15 is 0 Å². The van der Waals surface area contributed by atoms with Crippen LogP contribution in [0.15, 0.2) is 16.5 Å². The number of ether oxygens (including phenoxy) is 1. The van der Waals surface area contributed by atoms with Crippen molar-refractivity contribution in [3.05, 3.63) is 23.7 Å². The molecule has 1 fully saturated rings. The fourth-order valence-electron chi connectivity index (χ4n) is 2.10. The lowest BCUT2D eigenvalue weighted by Gasteiger charge is -2.25. The normalized spacial score (nSPS) is 21.0. The zero-order valence-electron chi connectivity index (χ0n) is 10.7. The second kappa shape index (κ2) is 6.19. The van der Waals surface area contributed by atoms with Crippen molar-refractivity contribution in [2.75, 3.05) is 33.4 Å². The average molecular weight is 238 g/mol. The molecule has 0 aliphatic carbocycles. The molecule has 96 valence electrons. The van der Waals surface area contributed by atoms with Crippen LogP contribution in [-0.2, 0) is 11.3 Å². The van der Waals surface area contributed by atoms with Crippen molar-refractivity contribution in [1.29, 1.82) is 0 Å². The fraction of sp³-hybridized carbons (Fsp3) is 0.692. The molecular weight excluding hydrogens is 216 g/mol. The van der Waals surface area contributed by atoms with Gasteiger partial charge in [0.15, 0.2) is 0 Å². The first-order valence-electron chi connectivity index (χ1n) is 6.29. The minimum atomic E-state index is 0.504. The number of aryl methyl sites for hydroxylation is 1. The molecule has 0 aromatic carbocycles. The molecule has 0 bridgehead atoms. The van der Waals surface area contributed by atoms with Crippen LogP contribution in [0.4, 0.5) is 0 Å². The molecule has 0 radical (unpaired) electrons. The van der Waals surface area contributed by atoms with Gasteiger partial charge in [-0.1, -0.05) is 0 Å². The van der Waals surface area contributed by atoms with Gasteiger partial charge in [-0.3, -0.25) is 4.90 Å². The van der Waals surface area contributed by atoms with E-state index in [1.165, 1.54) is 0 Å². The van der Waals surface area contributed by atoms with E-state index in [1.54, 1.807) is 0 Å². The Balaban J connectivity index is 1.68. The van der Waals surface area contributed by atoms with Gasteiger partial charge in [0.1, 0.15) is 11.5 Å². The Labute approximate surface area is 103 Å². The predicted molar refractivity (Wildman–Crippen MR) is 67.0 cm³/mol. The number of rotatable bonds is 5. The number of hydrogen-bond acceptors (Lipinski definition) is 4. The maximum absolute atomic E-state index is 5.56. The molecule has 1 aliphatic rings. The fourth-order valence-corrected chi connectivity index (χ4v) is 2.10. The SMILES string of the molecule is Cc1ccc(CN(C)CCC2COCCN2)o1. The molecule has 4 heteroatoms. The number of nitrogens with zero attached hydrogens (tertiary/aromatic N) is 1. The van der Waals surface area contributed by atoms with Gasteiger partial charge in [-0.25, -0.2) is 0 Å². The Morgan fingerprint density at radius 2 is 2.35 bits per heavy atom. The number of furan rings is 1. The Morgan fingerprint density at radius 3 is 3.00 bits per heavy atom. The summed E-state index contributed by atoms with van der Waals surface area (Å²) < 4.78 is 11.0. The zero-order valence-corrected chi connectivity index (χ0v) is 10.7. The quantitative estimate of drug-likeness (QED) is 0.841. The first kappa shape index (κ1) is 12.6. The molecule has 1 aromatic rings. The molecule has 0 amide bonds. The van der Waals surface area contributed by atoms with E-state index in [1.807, 2.05) is 19.1 Å². The van der Waals surface area contributed by atoms with Crippen LogP contribution in [0.1, 0.15) is 17.9 Å². The first-order chi connectivity index (χ1) is 8.24. The predicted octanol–water partition coefficient (Wildman–Crippen LogP) is 1.40. The summed E-state index contributed by atoms with van der Waals surface area (Å²) in [5, 5.41) is 3.47. The van der Waals surface area contributed by atoms with Crippen molar-refractivity contribution in [1.82, 2.24) is 10.2 Å². The van der Waals surface area contributed by atoms with Gasteiger partial charge in [-0.2, -0.15) is 0 Å². The van der Waals surface area contributed by atoms with Gasteiger partial charge in [0.25, 0.3) is 0 Å². The van der Waals surface area contributed by atoms with Crippen LogP contribution in [0.25, 0.3) is 0 Å². The van der Waals surface area contributed by atoms with Crippen LogP contribution in [0.3, 0.4) is 0 Å². The van der Waals surface area contributed by atoms with Crippen LogP contribution in [0.2, 0.25) is 0 Å². The minimum absolute atomic E-state index is 0.504. The molecule has 0 saturated carbocycles. The van der Waals surface area contributed by atoms with Crippen molar-refractivity contribution in [2.24, 2.45) is 0 Å². The van der Waals surface area contributed by atoms with Crippen molar-refractivity contribution in [3.8, 4) is 0 Å². The van der Waals surface area contributed by atoms with Crippen LogP contribution >= 0.6 is 0 Å². The topological polar surface area (TPSA) is 37.6 Å². The lowest BCUT2D eigenvalue weighted by molar-refractivity contribution is 0.0705. The molecule has 17 heavy (non-hydrogen) atoms. The summed E-state index contributed by atoms with van der Waals surface area (Å²) >= 11 is 0. The minimum Gasteiger partial charge on any atom is -0.465 e. The van der Waals surface area contributed by atoms with Crippen molar-refractivity contribution in [3.63, 3.8) is 0 Å². The van der Waals surface area contributed by atoms with Crippen molar-refractivity contribution >= 4 is 0 Å². The third kappa shape index (κ3) is 4.15. The van der Waals surface area contributed by atoms with E-state index in [0.717, 1.165) is 50.8 Å². The lowest BCUT2D eigenvalue weighted by Crippen LogP contribution is -2.42. The molecule has 1 saturated heterocycles. The Hall–Kier alpha value is -0.840. The summed E-state index contributed by atoms with van der Waals surface area (Å²) in [6, 6.07) is 4.57. The standard InChI is InChI=1S/C13H22N2O2/c1-11-3-4-13(17-11)9-15(2)7-5-12-10-16-8-6-14-12/h3-4,12,14H,5-10H2,1-2H3. The zero-order chi connectivity index (χ0) is 12.1. The third-order valence-electron chi connectivity index (χ3n) is 3.08. The molecule has 0 spiro atoms. The smallest absolute Gasteiger partial charge is 0.118 e. The monoisotopic (exact) mass is 238 g/mol. The summed E-state index contributed by atoms with van der Waals surface area (Å²) in [6.07, 6.45) is 1.12. The largest absolute Gasteiger partial charge is 0.465 e. The highest BCUT2D eigenvalue weighted by molar-refractivity contribution is 5.05. The number of nitrogens with one attached hydrogen (secondary N) is 1. The number of morpholine rings is 1. The Kier molecular flexibility index (Phi) is 4.59. The van der Waals surface area contributed by atoms with Gasteiger partial charge >= 0.3 is 0 Å². The molecule has 2 rings (SSSR count). The lowest BCUT2D eigenvalue weighted by atomic mass is 10.2. The van der Waals surface area contributed by atoms with Gasteiger partial charge in [0, 0.05) is 12.6 Å². The molecule has 1 N–H and O–H groups in total. The van der Waals surface area contributed by atoms with Gasteiger partial charge in [-0.05, 0) is 39.1 Å². The third-order valence-corrected chi connectivity index (χ3v) is 3.08.